The van der Waals surface area contributed by atoms with Crippen LogP contribution in [0.4, 0.5) is 4.39 Å². The van der Waals surface area contributed by atoms with E-state index < -0.39 is 12.0 Å². The zero-order valence-corrected chi connectivity index (χ0v) is 6.62. The number of halogens is 1. The van der Waals surface area contributed by atoms with E-state index >= 15 is 0 Å². The molecule has 0 spiro atoms. The molecule has 1 aromatic rings. The van der Waals surface area contributed by atoms with Gasteiger partial charge in [0.05, 0.1) is 7.11 Å². The predicted octanol–water partition coefficient (Wildman–Crippen LogP) is 0.784. The molecule has 1 rings (SSSR count). The molecule has 1 aromatic carbocycles. The maximum atomic E-state index is 12.9. The monoisotopic (exact) mass is 171 g/mol. The highest BCUT2D eigenvalue weighted by atomic mass is 19.1. The fourth-order valence-electron chi connectivity index (χ4n) is 0.867. The first-order chi connectivity index (χ1) is 5.65. The standard InChI is InChI=1S/C8H10FNO2/c1-12-7-3-2-5(8(10)11)4-6(7)9/h2-4,8,11H,10H2,1H3. The van der Waals surface area contributed by atoms with Crippen LogP contribution in [-0.4, -0.2) is 12.2 Å². The van der Waals surface area contributed by atoms with Crippen molar-refractivity contribution < 1.29 is 14.2 Å². The third-order valence-corrected chi connectivity index (χ3v) is 1.52. The summed E-state index contributed by atoms with van der Waals surface area (Å²) in [5, 5.41) is 8.88. The second kappa shape index (κ2) is 3.51. The van der Waals surface area contributed by atoms with Crippen molar-refractivity contribution in [1.82, 2.24) is 0 Å². The van der Waals surface area contributed by atoms with Crippen LogP contribution in [0.1, 0.15) is 11.8 Å². The molecule has 0 bridgehead atoms. The number of nitrogens with two attached hydrogens (primary N) is 1. The van der Waals surface area contributed by atoms with Crippen LogP contribution in [-0.2, 0) is 0 Å². The van der Waals surface area contributed by atoms with Gasteiger partial charge in [-0.3, -0.25) is 0 Å². The van der Waals surface area contributed by atoms with Gasteiger partial charge in [-0.1, -0.05) is 6.07 Å². The molecule has 0 amide bonds. The zero-order valence-electron chi connectivity index (χ0n) is 6.62. The smallest absolute Gasteiger partial charge is 0.165 e. The van der Waals surface area contributed by atoms with Crippen molar-refractivity contribution in [2.24, 2.45) is 5.73 Å². The van der Waals surface area contributed by atoms with Crippen LogP contribution in [0.15, 0.2) is 18.2 Å². The first-order valence-electron chi connectivity index (χ1n) is 3.42. The molecular weight excluding hydrogens is 161 g/mol. The molecule has 12 heavy (non-hydrogen) atoms. The van der Waals surface area contributed by atoms with Gasteiger partial charge in [-0.2, -0.15) is 0 Å². The van der Waals surface area contributed by atoms with E-state index in [-0.39, 0.29) is 5.75 Å². The highest BCUT2D eigenvalue weighted by molar-refractivity contribution is 5.29. The Balaban J connectivity index is 3.02. The van der Waals surface area contributed by atoms with Crippen molar-refractivity contribution in [3.63, 3.8) is 0 Å². The van der Waals surface area contributed by atoms with E-state index in [1.807, 2.05) is 0 Å². The molecule has 0 aliphatic rings. The summed E-state index contributed by atoms with van der Waals surface area (Å²) < 4.78 is 17.6. The summed E-state index contributed by atoms with van der Waals surface area (Å²) in [6, 6.07) is 4.07. The molecule has 0 aliphatic heterocycles. The van der Waals surface area contributed by atoms with E-state index in [1.165, 1.54) is 19.2 Å². The van der Waals surface area contributed by atoms with Crippen molar-refractivity contribution in [2.75, 3.05) is 7.11 Å². The molecule has 0 saturated carbocycles. The Bertz CT molecular complexity index is 276. The molecular formula is C8H10FNO2. The Morgan fingerprint density at radius 2 is 2.25 bits per heavy atom. The number of benzene rings is 1. The van der Waals surface area contributed by atoms with Crippen molar-refractivity contribution in [1.29, 1.82) is 0 Å². The number of aliphatic hydroxyl groups is 1. The van der Waals surface area contributed by atoms with Gasteiger partial charge in [0.25, 0.3) is 0 Å². The second-order valence-electron chi connectivity index (χ2n) is 2.34. The van der Waals surface area contributed by atoms with Crippen molar-refractivity contribution in [3.8, 4) is 5.75 Å². The van der Waals surface area contributed by atoms with Gasteiger partial charge in [-0.05, 0) is 17.7 Å². The topological polar surface area (TPSA) is 55.5 Å². The average molecular weight is 171 g/mol. The van der Waals surface area contributed by atoms with E-state index in [1.54, 1.807) is 0 Å². The average Bonchev–Trinajstić information content (AvgIpc) is 2.04. The van der Waals surface area contributed by atoms with Crippen LogP contribution < -0.4 is 10.5 Å². The van der Waals surface area contributed by atoms with Gasteiger partial charge in [-0.25, -0.2) is 4.39 Å². The normalized spacial score (nSPS) is 12.7. The molecule has 0 aliphatic carbocycles. The number of hydrogen-bond donors (Lipinski definition) is 2. The Labute approximate surface area is 69.6 Å². The number of rotatable bonds is 2. The highest BCUT2D eigenvalue weighted by Crippen LogP contribution is 2.19. The lowest BCUT2D eigenvalue weighted by molar-refractivity contribution is 0.185. The van der Waals surface area contributed by atoms with E-state index in [4.69, 9.17) is 10.8 Å². The zero-order chi connectivity index (χ0) is 9.14. The lowest BCUT2D eigenvalue weighted by Crippen LogP contribution is -2.08. The lowest BCUT2D eigenvalue weighted by Gasteiger charge is -2.06. The molecule has 1 atom stereocenters. The first kappa shape index (κ1) is 8.96. The summed E-state index contributed by atoms with van der Waals surface area (Å²) in [5.74, 6) is -0.390. The summed E-state index contributed by atoms with van der Waals surface area (Å²) >= 11 is 0. The fraction of sp³-hybridized carbons (Fsp3) is 0.250. The maximum Gasteiger partial charge on any atom is 0.165 e. The van der Waals surface area contributed by atoms with Gasteiger partial charge >= 0.3 is 0 Å². The molecule has 1 unspecified atom stereocenters. The summed E-state index contributed by atoms with van der Waals surface area (Å²) in [6.45, 7) is 0. The number of methoxy groups -OCH3 is 1. The minimum Gasteiger partial charge on any atom is -0.494 e. The summed E-state index contributed by atoms with van der Waals surface area (Å²) in [7, 11) is 1.37. The molecule has 0 heterocycles. The van der Waals surface area contributed by atoms with E-state index in [0.29, 0.717) is 5.56 Å². The Kier molecular flexibility index (Phi) is 2.62. The molecule has 0 radical (unpaired) electrons. The molecule has 66 valence electrons. The molecule has 3 N–H and O–H groups in total. The highest BCUT2D eigenvalue weighted by Gasteiger charge is 2.06. The third kappa shape index (κ3) is 1.72. The van der Waals surface area contributed by atoms with Gasteiger partial charge in [0.2, 0.25) is 0 Å². The lowest BCUT2D eigenvalue weighted by atomic mass is 10.2. The van der Waals surface area contributed by atoms with Crippen LogP contribution in [0.25, 0.3) is 0 Å². The van der Waals surface area contributed by atoms with Gasteiger partial charge in [-0.15, -0.1) is 0 Å². The van der Waals surface area contributed by atoms with Gasteiger partial charge in [0, 0.05) is 0 Å². The maximum absolute atomic E-state index is 12.9. The minimum atomic E-state index is -1.15. The second-order valence-corrected chi connectivity index (χ2v) is 2.34. The molecule has 0 fully saturated rings. The van der Waals surface area contributed by atoms with Gasteiger partial charge in [0.1, 0.15) is 6.23 Å². The van der Waals surface area contributed by atoms with E-state index in [9.17, 15) is 4.39 Å². The Morgan fingerprint density at radius 3 is 2.67 bits per heavy atom. The van der Waals surface area contributed by atoms with Crippen LogP contribution in [0, 0.1) is 5.82 Å². The quantitative estimate of drug-likeness (QED) is 0.646. The van der Waals surface area contributed by atoms with Crippen molar-refractivity contribution >= 4 is 0 Å². The van der Waals surface area contributed by atoms with Crippen LogP contribution >= 0.6 is 0 Å². The van der Waals surface area contributed by atoms with Crippen molar-refractivity contribution in [3.05, 3.63) is 29.6 Å². The molecule has 4 heteroatoms. The number of hydrogen-bond acceptors (Lipinski definition) is 3. The fourth-order valence-corrected chi connectivity index (χ4v) is 0.867. The molecule has 0 saturated heterocycles. The van der Waals surface area contributed by atoms with Crippen LogP contribution in [0.2, 0.25) is 0 Å². The van der Waals surface area contributed by atoms with Crippen LogP contribution in [0.5, 0.6) is 5.75 Å². The minimum absolute atomic E-state index is 0.138. The largest absolute Gasteiger partial charge is 0.494 e. The number of ether oxygens (including phenoxy) is 1. The summed E-state index contributed by atoms with van der Waals surface area (Å²) in [6.07, 6.45) is -1.15. The first-order valence-corrected chi connectivity index (χ1v) is 3.42. The molecule has 3 nitrogen and oxygen atoms in total. The summed E-state index contributed by atoms with van der Waals surface area (Å²) in [4.78, 5) is 0. The third-order valence-electron chi connectivity index (χ3n) is 1.52. The van der Waals surface area contributed by atoms with E-state index in [2.05, 4.69) is 4.74 Å². The SMILES string of the molecule is COc1ccc(C(N)O)cc1F. The van der Waals surface area contributed by atoms with Gasteiger partial charge in [0.15, 0.2) is 11.6 Å². The van der Waals surface area contributed by atoms with Crippen molar-refractivity contribution in [2.45, 2.75) is 6.23 Å². The number of aliphatic hydroxyl groups excluding tert-OH is 1. The Hall–Kier alpha value is -1.13. The van der Waals surface area contributed by atoms with Crippen LogP contribution in [0.3, 0.4) is 0 Å². The van der Waals surface area contributed by atoms with Gasteiger partial charge < -0.3 is 15.6 Å². The Morgan fingerprint density at radius 1 is 1.58 bits per heavy atom. The summed E-state index contributed by atoms with van der Waals surface area (Å²) in [5.41, 5.74) is 5.45. The molecule has 0 aromatic heterocycles. The predicted molar refractivity (Wildman–Crippen MR) is 42.1 cm³/mol. The van der Waals surface area contributed by atoms with E-state index in [0.717, 1.165) is 6.07 Å².